The molecule has 5 rings (SSSR count). The SMILES string of the molecule is COCCOc1cc(-c2cc(F)cc3ccc(C4CCNCC4)nc23)nn2cc(C)nc12. The molecule has 1 aliphatic rings. The topological polar surface area (TPSA) is 73.6 Å². The van der Waals surface area contributed by atoms with E-state index in [1.165, 1.54) is 12.1 Å². The highest BCUT2D eigenvalue weighted by Gasteiger charge is 2.19. The minimum Gasteiger partial charge on any atom is -0.487 e. The van der Waals surface area contributed by atoms with E-state index >= 15 is 0 Å². The molecule has 166 valence electrons. The fourth-order valence-corrected chi connectivity index (χ4v) is 4.29. The Morgan fingerprint density at radius 3 is 2.78 bits per heavy atom. The average Bonchev–Trinajstić information content (AvgIpc) is 3.19. The number of halogens is 1. The first-order valence-electron chi connectivity index (χ1n) is 10.9. The Kier molecular flexibility index (Phi) is 5.71. The molecular weight excluding hydrogens is 409 g/mol. The highest BCUT2D eigenvalue weighted by Crippen LogP contribution is 2.33. The van der Waals surface area contributed by atoms with E-state index in [-0.39, 0.29) is 5.82 Å². The lowest BCUT2D eigenvalue weighted by molar-refractivity contribution is 0.147. The molecular formula is C24H26FN5O2. The van der Waals surface area contributed by atoms with E-state index in [4.69, 9.17) is 19.6 Å². The van der Waals surface area contributed by atoms with Gasteiger partial charge in [0, 0.05) is 35.7 Å². The Hall–Kier alpha value is -3.10. The van der Waals surface area contributed by atoms with Gasteiger partial charge in [-0.15, -0.1) is 0 Å². The number of aryl methyl sites for hydroxylation is 1. The molecule has 1 fully saturated rings. The maximum atomic E-state index is 14.6. The molecule has 7 nitrogen and oxygen atoms in total. The van der Waals surface area contributed by atoms with Crippen LogP contribution in [0.25, 0.3) is 27.8 Å². The smallest absolute Gasteiger partial charge is 0.196 e. The van der Waals surface area contributed by atoms with Crippen LogP contribution in [0, 0.1) is 12.7 Å². The van der Waals surface area contributed by atoms with Gasteiger partial charge in [-0.2, -0.15) is 5.10 Å². The van der Waals surface area contributed by atoms with E-state index in [9.17, 15) is 4.39 Å². The third-order valence-electron chi connectivity index (χ3n) is 5.87. The van der Waals surface area contributed by atoms with E-state index in [1.54, 1.807) is 11.6 Å². The second kappa shape index (κ2) is 8.80. The first-order valence-corrected chi connectivity index (χ1v) is 10.9. The number of hydrogen-bond acceptors (Lipinski definition) is 6. The first-order chi connectivity index (χ1) is 15.6. The van der Waals surface area contributed by atoms with Crippen molar-refractivity contribution in [2.45, 2.75) is 25.7 Å². The fourth-order valence-electron chi connectivity index (χ4n) is 4.29. The van der Waals surface area contributed by atoms with Gasteiger partial charge in [0.2, 0.25) is 0 Å². The number of piperidine rings is 1. The Bertz CT molecular complexity index is 1270. The molecule has 4 heterocycles. The number of imidazole rings is 1. The number of methoxy groups -OCH3 is 1. The number of hydrogen-bond donors (Lipinski definition) is 1. The quantitative estimate of drug-likeness (QED) is 0.464. The van der Waals surface area contributed by atoms with Gasteiger partial charge in [0.05, 0.1) is 29.7 Å². The molecule has 0 amide bonds. The summed E-state index contributed by atoms with van der Waals surface area (Å²) in [5.41, 5.74) is 4.45. The van der Waals surface area contributed by atoms with Crippen molar-refractivity contribution in [3.63, 3.8) is 0 Å². The number of nitrogens with one attached hydrogen (secondary N) is 1. The molecule has 4 aromatic rings. The summed E-state index contributed by atoms with van der Waals surface area (Å²) in [7, 11) is 1.63. The van der Waals surface area contributed by atoms with Gasteiger partial charge in [-0.05, 0) is 51.1 Å². The Morgan fingerprint density at radius 2 is 1.97 bits per heavy atom. The highest BCUT2D eigenvalue weighted by atomic mass is 19.1. The van der Waals surface area contributed by atoms with Crippen LogP contribution in [-0.2, 0) is 4.74 Å². The second-order valence-electron chi connectivity index (χ2n) is 8.17. The van der Waals surface area contributed by atoms with Crippen LogP contribution >= 0.6 is 0 Å². The van der Waals surface area contributed by atoms with Crippen molar-refractivity contribution < 1.29 is 13.9 Å². The molecule has 0 saturated carbocycles. The molecule has 3 aromatic heterocycles. The Morgan fingerprint density at radius 1 is 1.12 bits per heavy atom. The number of nitrogens with zero attached hydrogens (tertiary/aromatic N) is 4. The molecule has 8 heteroatoms. The molecule has 0 unspecified atom stereocenters. The highest BCUT2D eigenvalue weighted by molar-refractivity contribution is 5.93. The molecule has 1 aromatic carbocycles. The van der Waals surface area contributed by atoms with E-state index in [2.05, 4.69) is 10.3 Å². The lowest BCUT2D eigenvalue weighted by Crippen LogP contribution is -2.27. The molecule has 0 aliphatic carbocycles. The summed E-state index contributed by atoms with van der Waals surface area (Å²) in [6, 6.07) is 8.82. The fraction of sp³-hybridized carbons (Fsp3) is 0.375. The second-order valence-corrected chi connectivity index (χ2v) is 8.17. The summed E-state index contributed by atoms with van der Waals surface area (Å²) in [6.45, 7) is 4.71. The maximum absolute atomic E-state index is 14.6. The summed E-state index contributed by atoms with van der Waals surface area (Å²) in [5, 5.41) is 8.86. The summed E-state index contributed by atoms with van der Waals surface area (Å²) in [4.78, 5) is 9.51. The maximum Gasteiger partial charge on any atom is 0.196 e. The third kappa shape index (κ3) is 4.03. The number of aromatic nitrogens is 4. The van der Waals surface area contributed by atoms with E-state index < -0.39 is 0 Å². The van der Waals surface area contributed by atoms with Crippen molar-refractivity contribution in [3.05, 3.63) is 53.7 Å². The largest absolute Gasteiger partial charge is 0.487 e. The summed E-state index contributed by atoms with van der Waals surface area (Å²) < 4.78 is 27.3. The minimum absolute atomic E-state index is 0.325. The zero-order valence-corrected chi connectivity index (χ0v) is 18.3. The summed E-state index contributed by atoms with van der Waals surface area (Å²) in [6.07, 6.45) is 3.92. The summed E-state index contributed by atoms with van der Waals surface area (Å²) in [5.74, 6) is 0.653. The monoisotopic (exact) mass is 435 g/mol. The van der Waals surface area contributed by atoms with Crippen molar-refractivity contribution in [2.24, 2.45) is 0 Å². The van der Waals surface area contributed by atoms with Crippen LogP contribution in [0.5, 0.6) is 5.75 Å². The van der Waals surface area contributed by atoms with E-state index in [1.807, 2.05) is 31.3 Å². The molecule has 0 spiro atoms. The molecule has 1 aliphatic heterocycles. The summed E-state index contributed by atoms with van der Waals surface area (Å²) >= 11 is 0. The zero-order valence-electron chi connectivity index (χ0n) is 18.3. The third-order valence-corrected chi connectivity index (χ3v) is 5.87. The van der Waals surface area contributed by atoms with Gasteiger partial charge < -0.3 is 14.8 Å². The van der Waals surface area contributed by atoms with Crippen LogP contribution in [0.1, 0.15) is 30.1 Å². The van der Waals surface area contributed by atoms with E-state index in [0.717, 1.165) is 48.2 Å². The van der Waals surface area contributed by atoms with Crippen molar-refractivity contribution >= 4 is 16.6 Å². The lowest BCUT2D eigenvalue weighted by Gasteiger charge is -2.22. The van der Waals surface area contributed by atoms with Gasteiger partial charge in [0.15, 0.2) is 11.4 Å². The molecule has 32 heavy (non-hydrogen) atoms. The normalized spacial score (nSPS) is 15.0. The van der Waals surface area contributed by atoms with Crippen LogP contribution in [0.15, 0.2) is 36.5 Å². The standard InChI is InChI=1S/C24H26FN5O2/c1-15-14-30-24(27-15)22(32-10-9-31-2)13-21(29-30)19-12-18(25)11-17-3-4-20(28-23(17)19)16-5-7-26-8-6-16/h3-4,11-14,16,26H,5-10H2,1-2H3. The van der Waals surface area contributed by atoms with Crippen LogP contribution in [-0.4, -0.2) is 53.0 Å². The van der Waals surface area contributed by atoms with Gasteiger partial charge in [-0.1, -0.05) is 6.07 Å². The number of ether oxygens (including phenoxy) is 2. The Balaban J connectivity index is 1.65. The van der Waals surface area contributed by atoms with Crippen molar-refractivity contribution in [1.29, 1.82) is 0 Å². The van der Waals surface area contributed by atoms with Crippen LogP contribution in [0.4, 0.5) is 4.39 Å². The molecule has 0 atom stereocenters. The minimum atomic E-state index is -0.325. The molecule has 1 N–H and O–H groups in total. The zero-order chi connectivity index (χ0) is 22.1. The van der Waals surface area contributed by atoms with Crippen molar-refractivity contribution in [1.82, 2.24) is 24.9 Å². The van der Waals surface area contributed by atoms with Crippen LogP contribution < -0.4 is 10.1 Å². The molecule has 0 radical (unpaired) electrons. The van der Waals surface area contributed by atoms with E-state index in [0.29, 0.717) is 41.8 Å². The predicted molar refractivity (Wildman–Crippen MR) is 121 cm³/mol. The van der Waals surface area contributed by atoms with Crippen molar-refractivity contribution in [2.75, 3.05) is 33.4 Å². The predicted octanol–water partition coefficient (Wildman–Crippen LogP) is 3.88. The lowest BCUT2D eigenvalue weighted by atomic mass is 9.93. The van der Waals surface area contributed by atoms with Gasteiger partial charge >= 0.3 is 0 Å². The van der Waals surface area contributed by atoms with Gasteiger partial charge in [0.1, 0.15) is 12.4 Å². The van der Waals surface area contributed by atoms with Crippen LogP contribution in [0.3, 0.4) is 0 Å². The van der Waals surface area contributed by atoms with Gasteiger partial charge in [0.25, 0.3) is 0 Å². The number of rotatable bonds is 6. The van der Waals surface area contributed by atoms with Gasteiger partial charge in [-0.3, -0.25) is 4.98 Å². The number of pyridine rings is 1. The van der Waals surface area contributed by atoms with Crippen molar-refractivity contribution in [3.8, 4) is 17.0 Å². The number of benzene rings is 1. The van der Waals surface area contributed by atoms with Crippen LogP contribution in [0.2, 0.25) is 0 Å². The molecule has 0 bridgehead atoms. The van der Waals surface area contributed by atoms with Gasteiger partial charge in [-0.25, -0.2) is 13.9 Å². The Labute approximate surface area is 185 Å². The first kappa shape index (κ1) is 20.8. The molecule has 1 saturated heterocycles. The number of fused-ring (bicyclic) bond motifs is 2. The average molecular weight is 436 g/mol.